The number of amides is 1. The van der Waals surface area contributed by atoms with Crippen molar-refractivity contribution in [2.45, 2.75) is 50.7 Å². The number of carbonyl (C=O) groups is 1. The molecule has 1 aromatic heterocycles. The summed E-state index contributed by atoms with van der Waals surface area (Å²) >= 11 is 0. The summed E-state index contributed by atoms with van der Waals surface area (Å²) in [6.45, 7) is 6.58. The molecule has 3 fully saturated rings. The molecule has 0 N–H and O–H groups in total. The zero-order valence-corrected chi connectivity index (χ0v) is 13.7. The number of hydrogen-bond acceptors (Lipinski definition) is 5. The molecule has 1 unspecified atom stereocenters. The maximum Gasteiger partial charge on any atom is 0.276 e. The van der Waals surface area contributed by atoms with Crippen molar-refractivity contribution in [1.29, 1.82) is 0 Å². The second-order valence-corrected chi connectivity index (χ2v) is 7.09. The molecule has 0 spiro atoms. The predicted molar refractivity (Wildman–Crippen MR) is 84.4 cm³/mol. The van der Waals surface area contributed by atoms with Crippen molar-refractivity contribution in [2.75, 3.05) is 32.8 Å². The van der Waals surface area contributed by atoms with Crippen LogP contribution in [-0.2, 0) is 4.74 Å². The first-order valence-corrected chi connectivity index (χ1v) is 8.82. The molecule has 0 bridgehead atoms. The van der Waals surface area contributed by atoms with Gasteiger partial charge in [-0.3, -0.25) is 9.69 Å². The summed E-state index contributed by atoms with van der Waals surface area (Å²) in [5, 5.41) is 3.98. The summed E-state index contributed by atoms with van der Waals surface area (Å²) in [6, 6.07) is 2.42. The van der Waals surface area contributed by atoms with Gasteiger partial charge in [-0.25, -0.2) is 0 Å². The van der Waals surface area contributed by atoms with E-state index in [0.29, 0.717) is 23.8 Å². The molecule has 1 aliphatic carbocycles. The Morgan fingerprint density at radius 1 is 1.22 bits per heavy atom. The minimum Gasteiger partial charge on any atom is -0.376 e. The van der Waals surface area contributed by atoms with Gasteiger partial charge in [0, 0.05) is 44.2 Å². The molecule has 2 saturated heterocycles. The van der Waals surface area contributed by atoms with Crippen LogP contribution in [0.15, 0.2) is 10.6 Å². The zero-order valence-electron chi connectivity index (χ0n) is 13.7. The predicted octanol–water partition coefficient (Wildman–Crippen LogP) is 1.88. The highest BCUT2D eigenvalue weighted by Crippen LogP contribution is 2.40. The Bertz CT molecular complexity index is 561. The monoisotopic (exact) mass is 319 g/mol. The maximum absolute atomic E-state index is 12.6. The molecular weight excluding hydrogens is 294 g/mol. The third-order valence-electron chi connectivity index (χ3n) is 5.27. The molecule has 23 heavy (non-hydrogen) atoms. The quantitative estimate of drug-likeness (QED) is 0.851. The number of morpholine rings is 1. The summed E-state index contributed by atoms with van der Waals surface area (Å²) in [6.07, 6.45) is 4.70. The lowest BCUT2D eigenvalue weighted by Gasteiger charge is -2.41. The average Bonchev–Trinajstić information content (AvgIpc) is 3.32. The van der Waals surface area contributed by atoms with Crippen LogP contribution in [0.5, 0.6) is 0 Å². The Labute approximate surface area is 136 Å². The lowest BCUT2D eigenvalue weighted by molar-refractivity contribution is -0.0424. The van der Waals surface area contributed by atoms with Gasteiger partial charge in [-0.1, -0.05) is 5.16 Å². The van der Waals surface area contributed by atoms with Crippen LogP contribution < -0.4 is 0 Å². The average molecular weight is 319 g/mol. The van der Waals surface area contributed by atoms with Gasteiger partial charge < -0.3 is 14.2 Å². The summed E-state index contributed by atoms with van der Waals surface area (Å²) in [5.41, 5.74) is 0.477. The minimum absolute atomic E-state index is 0.0226. The van der Waals surface area contributed by atoms with Gasteiger partial charge in [0.2, 0.25) is 0 Å². The van der Waals surface area contributed by atoms with Gasteiger partial charge in [0.15, 0.2) is 5.69 Å². The number of aromatic nitrogens is 1. The highest BCUT2D eigenvalue weighted by molar-refractivity contribution is 5.92. The molecule has 4 rings (SSSR count). The lowest BCUT2D eigenvalue weighted by Crippen LogP contribution is -2.51. The first-order chi connectivity index (χ1) is 11.2. The van der Waals surface area contributed by atoms with Crippen LogP contribution in [0.25, 0.3) is 0 Å². The van der Waals surface area contributed by atoms with E-state index in [-0.39, 0.29) is 5.91 Å². The fourth-order valence-electron chi connectivity index (χ4n) is 3.72. The molecule has 0 radical (unpaired) electrons. The number of piperidine rings is 1. The molecule has 126 valence electrons. The van der Waals surface area contributed by atoms with Crippen LogP contribution in [0.2, 0.25) is 0 Å². The van der Waals surface area contributed by atoms with Crippen LogP contribution in [-0.4, -0.2) is 65.8 Å². The highest BCUT2D eigenvalue weighted by Gasteiger charge is 2.32. The van der Waals surface area contributed by atoms with Crippen molar-refractivity contribution in [2.24, 2.45) is 0 Å². The summed E-state index contributed by atoms with van der Waals surface area (Å²) in [7, 11) is 0. The Hall–Kier alpha value is -1.40. The number of ether oxygens (including phenoxy) is 1. The molecular formula is C17H25N3O3. The standard InChI is InChI=1S/C17H25N3O3/c1-12-11-20(8-9-22-12)14-4-6-19(7-5-14)17(21)15-10-16(23-18-15)13-2-3-13/h10,12-14H,2-9,11H2,1H3. The van der Waals surface area contributed by atoms with Gasteiger partial charge >= 0.3 is 0 Å². The molecule has 1 aromatic rings. The van der Waals surface area contributed by atoms with Gasteiger partial charge in [-0.15, -0.1) is 0 Å². The van der Waals surface area contributed by atoms with Crippen LogP contribution in [0, 0.1) is 0 Å². The molecule has 1 amide bonds. The molecule has 6 heteroatoms. The third kappa shape index (κ3) is 3.28. The summed E-state index contributed by atoms with van der Waals surface area (Å²) in [5.74, 6) is 1.40. The molecule has 0 aromatic carbocycles. The van der Waals surface area contributed by atoms with Crippen LogP contribution in [0.4, 0.5) is 0 Å². The van der Waals surface area contributed by atoms with E-state index in [1.807, 2.05) is 11.0 Å². The van der Waals surface area contributed by atoms with Crippen molar-refractivity contribution in [3.05, 3.63) is 17.5 Å². The Balaban J connectivity index is 1.32. The van der Waals surface area contributed by atoms with Crippen molar-refractivity contribution in [3.8, 4) is 0 Å². The first-order valence-electron chi connectivity index (χ1n) is 8.82. The fourth-order valence-corrected chi connectivity index (χ4v) is 3.72. The van der Waals surface area contributed by atoms with Crippen molar-refractivity contribution in [1.82, 2.24) is 15.0 Å². The topological polar surface area (TPSA) is 58.8 Å². The normalized spacial score (nSPS) is 27.3. The van der Waals surface area contributed by atoms with Crippen LogP contribution >= 0.6 is 0 Å². The number of hydrogen-bond donors (Lipinski definition) is 0. The number of carbonyl (C=O) groups excluding carboxylic acids is 1. The van der Waals surface area contributed by atoms with E-state index >= 15 is 0 Å². The van der Waals surface area contributed by atoms with E-state index in [2.05, 4.69) is 17.0 Å². The molecule has 3 aliphatic rings. The molecule has 2 aliphatic heterocycles. The van der Waals surface area contributed by atoms with E-state index in [1.54, 1.807) is 0 Å². The largest absolute Gasteiger partial charge is 0.376 e. The molecule has 1 saturated carbocycles. The number of likely N-dealkylation sites (tertiary alicyclic amines) is 1. The Morgan fingerprint density at radius 2 is 2.00 bits per heavy atom. The second-order valence-electron chi connectivity index (χ2n) is 7.09. The first kappa shape index (κ1) is 15.1. The number of nitrogens with zero attached hydrogens (tertiary/aromatic N) is 3. The SMILES string of the molecule is CC1CN(C2CCN(C(=O)c3cc(C4CC4)on3)CC2)CCO1. The van der Waals surface area contributed by atoms with Gasteiger partial charge in [-0.05, 0) is 32.6 Å². The fraction of sp³-hybridized carbons (Fsp3) is 0.765. The van der Waals surface area contributed by atoms with Crippen molar-refractivity contribution < 1.29 is 14.1 Å². The van der Waals surface area contributed by atoms with E-state index in [4.69, 9.17) is 9.26 Å². The molecule has 1 atom stereocenters. The minimum atomic E-state index is 0.0226. The third-order valence-corrected chi connectivity index (χ3v) is 5.27. The highest BCUT2D eigenvalue weighted by atomic mass is 16.5. The maximum atomic E-state index is 12.6. The Kier molecular flexibility index (Phi) is 4.11. The van der Waals surface area contributed by atoms with Gasteiger partial charge in [0.1, 0.15) is 5.76 Å². The summed E-state index contributed by atoms with van der Waals surface area (Å²) in [4.78, 5) is 17.0. The molecule has 6 nitrogen and oxygen atoms in total. The van der Waals surface area contributed by atoms with E-state index < -0.39 is 0 Å². The Morgan fingerprint density at radius 3 is 2.70 bits per heavy atom. The zero-order chi connectivity index (χ0) is 15.8. The van der Waals surface area contributed by atoms with E-state index in [9.17, 15) is 4.79 Å². The van der Waals surface area contributed by atoms with Gasteiger partial charge in [-0.2, -0.15) is 0 Å². The summed E-state index contributed by atoms with van der Waals surface area (Å²) < 4.78 is 10.9. The second kappa shape index (κ2) is 6.24. The van der Waals surface area contributed by atoms with Crippen molar-refractivity contribution in [3.63, 3.8) is 0 Å². The number of rotatable bonds is 3. The van der Waals surface area contributed by atoms with Crippen LogP contribution in [0.3, 0.4) is 0 Å². The van der Waals surface area contributed by atoms with Crippen LogP contribution in [0.1, 0.15) is 54.8 Å². The van der Waals surface area contributed by atoms with Gasteiger partial charge in [0.05, 0.1) is 12.7 Å². The van der Waals surface area contributed by atoms with Crippen molar-refractivity contribution >= 4 is 5.91 Å². The van der Waals surface area contributed by atoms with E-state index in [0.717, 1.165) is 64.2 Å². The van der Waals surface area contributed by atoms with Gasteiger partial charge in [0.25, 0.3) is 5.91 Å². The molecule has 3 heterocycles. The smallest absolute Gasteiger partial charge is 0.276 e. The van der Waals surface area contributed by atoms with E-state index in [1.165, 1.54) is 0 Å². The lowest BCUT2D eigenvalue weighted by atomic mass is 10.0.